The molecule has 4 N–H and O–H groups in total. The lowest BCUT2D eigenvalue weighted by Crippen LogP contribution is -2.35. The Morgan fingerprint density at radius 2 is 1.74 bits per heavy atom. The molecule has 38 heavy (non-hydrogen) atoms. The van der Waals surface area contributed by atoms with E-state index in [4.69, 9.17) is 4.74 Å². The van der Waals surface area contributed by atoms with E-state index in [1.54, 1.807) is 12.1 Å². The van der Waals surface area contributed by atoms with Crippen LogP contribution in [0.5, 0.6) is 0 Å². The van der Waals surface area contributed by atoms with E-state index in [0.29, 0.717) is 18.0 Å². The van der Waals surface area contributed by atoms with Crippen molar-refractivity contribution < 1.29 is 23.4 Å². The Balaban J connectivity index is 1.56. The van der Waals surface area contributed by atoms with Crippen LogP contribution in [0.1, 0.15) is 12.8 Å². The molecule has 4 aromatic rings. The fourth-order valence-electron chi connectivity index (χ4n) is 4.80. The van der Waals surface area contributed by atoms with Gasteiger partial charge in [0.25, 0.3) is 0 Å². The number of H-pyrrole nitrogens is 1. The van der Waals surface area contributed by atoms with Gasteiger partial charge in [-0.3, -0.25) is 0 Å². The Hall–Kier alpha value is -3.35. The van der Waals surface area contributed by atoms with Crippen molar-refractivity contribution in [3.8, 4) is 22.4 Å². The van der Waals surface area contributed by atoms with Crippen LogP contribution >= 0.6 is 0 Å². The number of aromatic amines is 1. The molecule has 2 aromatic carbocycles. The molecule has 1 aliphatic rings. The molecule has 2 aromatic heterocycles. The number of aliphatic hydroxyl groups is 2. The van der Waals surface area contributed by atoms with E-state index in [0.717, 1.165) is 51.5 Å². The van der Waals surface area contributed by atoms with Gasteiger partial charge in [0, 0.05) is 31.8 Å². The average molecular weight is 538 g/mol. The molecule has 0 amide bonds. The second kappa shape index (κ2) is 11.6. The molecule has 11 heteroatoms. The molecule has 0 radical (unpaired) electrons. The summed E-state index contributed by atoms with van der Waals surface area (Å²) in [6, 6.07) is 16.5. The Labute approximate surface area is 221 Å². The maximum absolute atomic E-state index is 13.1. The average Bonchev–Trinajstić information content (AvgIpc) is 3.61. The molecule has 0 spiro atoms. The van der Waals surface area contributed by atoms with Gasteiger partial charge in [-0.05, 0) is 36.1 Å². The standard InChI is InChI=1S/C27H31N5O5S/c33-14-12-32(13-15-34)38(35,36)22-10-8-20(9-11-22)25-23(19-5-2-1-3-6-19)24-26(29-18-30-27(24)31-25)28-17-21-7-4-16-37-21/h1-3,5-6,8-11,18,21,33-34H,4,7,12-17H2,(H2,28,29,30,31)/t21-/m0/s1. The summed E-state index contributed by atoms with van der Waals surface area (Å²) in [4.78, 5) is 12.5. The summed E-state index contributed by atoms with van der Waals surface area (Å²) >= 11 is 0. The van der Waals surface area contributed by atoms with E-state index < -0.39 is 10.0 Å². The van der Waals surface area contributed by atoms with Gasteiger partial charge >= 0.3 is 0 Å². The highest BCUT2D eigenvalue weighted by molar-refractivity contribution is 7.89. The number of anilines is 1. The first-order chi connectivity index (χ1) is 18.5. The van der Waals surface area contributed by atoms with Crippen molar-refractivity contribution in [3.63, 3.8) is 0 Å². The van der Waals surface area contributed by atoms with Crippen molar-refractivity contribution in [3.05, 3.63) is 60.9 Å². The van der Waals surface area contributed by atoms with Crippen molar-refractivity contribution in [1.82, 2.24) is 19.3 Å². The molecule has 1 fully saturated rings. The van der Waals surface area contributed by atoms with E-state index in [-0.39, 0.29) is 37.3 Å². The molecule has 0 bridgehead atoms. The maximum Gasteiger partial charge on any atom is 0.243 e. The van der Waals surface area contributed by atoms with Gasteiger partial charge in [0.15, 0.2) is 0 Å². The van der Waals surface area contributed by atoms with Crippen LogP contribution in [-0.4, -0.2) is 83.4 Å². The summed E-state index contributed by atoms with van der Waals surface area (Å²) in [6.45, 7) is 0.564. The maximum atomic E-state index is 13.1. The Morgan fingerprint density at radius 1 is 1.00 bits per heavy atom. The molecule has 3 heterocycles. The summed E-state index contributed by atoms with van der Waals surface area (Å²) in [5, 5.41) is 22.9. The predicted molar refractivity (Wildman–Crippen MR) is 145 cm³/mol. The minimum Gasteiger partial charge on any atom is -0.395 e. The Bertz CT molecular complexity index is 1460. The smallest absolute Gasteiger partial charge is 0.243 e. The number of ether oxygens (including phenoxy) is 1. The lowest BCUT2D eigenvalue weighted by atomic mass is 9.99. The normalized spacial score (nSPS) is 15.9. The number of fused-ring (bicyclic) bond motifs is 1. The monoisotopic (exact) mass is 537 g/mol. The number of nitrogens with zero attached hydrogens (tertiary/aromatic N) is 3. The second-order valence-electron chi connectivity index (χ2n) is 9.08. The van der Waals surface area contributed by atoms with Crippen LogP contribution in [0, 0.1) is 0 Å². The van der Waals surface area contributed by atoms with Crippen molar-refractivity contribution in [2.75, 3.05) is 44.8 Å². The second-order valence-corrected chi connectivity index (χ2v) is 11.0. The van der Waals surface area contributed by atoms with E-state index in [1.165, 1.54) is 18.5 Å². The first-order valence-corrected chi connectivity index (χ1v) is 14.1. The third-order valence-electron chi connectivity index (χ3n) is 6.65. The number of benzene rings is 2. The number of aromatic nitrogens is 3. The van der Waals surface area contributed by atoms with Crippen molar-refractivity contribution in [1.29, 1.82) is 0 Å². The summed E-state index contributed by atoms with van der Waals surface area (Å²) in [6.07, 6.45) is 3.72. The highest BCUT2D eigenvalue weighted by atomic mass is 32.2. The van der Waals surface area contributed by atoms with Crippen LogP contribution in [0.4, 0.5) is 5.82 Å². The van der Waals surface area contributed by atoms with E-state index in [2.05, 4.69) is 20.3 Å². The molecule has 1 saturated heterocycles. The fraction of sp³-hybridized carbons (Fsp3) is 0.333. The van der Waals surface area contributed by atoms with Gasteiger partial charge in [0.2, 0.25) is 10.0 Å². The number of sulfonamides is 1. The lowest BCUT2D eigenvalue weighted by Gasteiger charge is -2.20. The molecule has 5 rings (SSSR count). The zero-order chi connectivity index (χ0) is 26.5. The van der Waals surface area contributed by atoms with Crippen molar-refractivity contribution in [2.24, 2.45) is 0 Å². The molecule has 0 saturated carbocycles. The molecule has 0 unspecified atom stereocenters. The predicted octanol–water partition coefficient (Wildman–Crippen LogP) is 2.86. The molecular weight excluding hydrogens is 506 g/mol. The van der Waals surface area contributed by atoms with Gasteiger partial charge in [0.05, 0.1) is 35.3 Å². The SMILES string of the molecule is O=S(=O)(c1ccc(-c2[nH]c3ncnc(NC[C@@H]4CCCO4)c3c2-c2ccccc2)cc1)N(CCO)CCO. The Kier molecular flexibility index (Phi) is 8.01. The van der Waals surface area contributed by atoms with E-state index >= 15 is 0 Å². The fourth-order valence-corrected chi connectivity index (χ4v) is 6.22. The third-order valence-corrected chi connectivity index (χ3v) is 8.57. The minimum absolute atomic E-state index is 0.0826. The van der Waals surface area contributed by atoms with Gasteiger partial charge in [-0.2, -0.15) is 4.31 Å². The molecule has 10 nitrogen and oxygen atoms in total. The van der Waals surface area contributed by atoms with Gasteiger partial charge in [0.1, 0.15) is 17.8 Å². The van der Waals surface area contributed by atoms with Gasteiger partial charge in [-0.25, -0.2) is 18.4 Å². The quantitative estimate of drug-likeness (QED) is 0.229. The number of hydrogen-bond acceptors (Lipinski definition) is 8. The summed E-state index contributed by atoms with van der Waals surface area (Å²) in [5.41, 5.74) is 4.11. The number of nitrogens with one attached hydrogen (secondary N) is 2. The van der Waals surface area contributed by atoms with Crippen molar-refractivity contribution >= 4 is 26.9 Å². The largest absolute Gasteiger partial charge is 0.395 e. The van der Waals surface area contributed by atoms with Crippen LogP contribution in [-0.2, 0) is 14.8 Å². The van der Waals surface area contributed by atoms with Crippen LogP contribution in [0.3, 0.4) is 0 Å². The molecular formula is C27H31N5O5S. The van der Waals surface area contributed by atoms with Crippen LogP contribution in [0.25, 0.3) is 33.4 Å². The van der Waals surface area contributed by atoms with Crippen molar-refractivity contribution in [2.45, 2.75) is 23.8 Å². The lowest BCUT2D eigenvalue weighted by molar-refractivity contribution is 0.120. The third kappa shape index (κ3) is 5.29. The number of hydrogen-bond donors (Lipinski definition) is 4. The van der Waals surface area contributed by atoms with E-state index in [9.17, 15) is 18.6 Å². The van der Waals surface area contributed by atoms with E-state index in [1.807, 2.05) is 30.3 Å². The topological polar surface area (TPSA) is 141 Å². The molecule has 0 aliphatic carbocycles. The molecule has 200 valence electrons. The number of aliphatic hydroxyl groups excluding tert-OH is 2. The Morgan fingerprint density at radius 3 is 2.39 bits per heavy atom. The first-order valence-electron chi connectivity index (χ1n) is 12.6. The van der Waals surface area contributed by atoms with Gasteiger partial charge in [-0.15, -0.1) is 0 Å². The van der Waals surface area contributed by atoms with Crippen LogP contribution < -0.4 is 5.32 Å². The summed E-state index contributed by atoms with van der Waals surface area (Å²) in [7, 11) is -3.87. The van der Waals surface area contributed by atoms with Gasteiger partial charge in [-0.1, -0.05) is 42.5 Å². The van der Waals surface area contributed by atoms with Gasteiger partial charge < -0.3 is 25.3 Å². The zero-order valence-corrected chi connectivity index (χ0v) is 21.7. The summed E-state index contributed by atoms with van der Waals surface area (Å²) < 4.78 is 33.0. The van der Waals surface area contributed by atoms with Crippen LogP contribution in [0.15, 0.2) is 65.8 Å². The molecule has 1 aliphatic heterocycles. The first kappa shape index (κ1) is 26.3. The highest BCUT2D eigenvalue weighted by Gasteiger charge is 2.25. The minimum atomic E-state index is -3.87. The highest BCUT2D eigenvalue weighted by Crippen LogP contribution is 2.40. The zero-order valence-electron chi connectivity index (χ0n) is 20.9. The molecule has 1 atom stereocenters. The number of rotatable bonds is 11. The summed E-state index contributed by atoms with van der Waals surface area (Å²) in [5.74, 6) is 0.703. The van der Waals surface area contributed by atoms with Crippen LogP contribution in [0.2, 0.25) is 0 Å².